The molecule has 0 unspecified atom stereocenters. The van der Waals surface area contributed by atoms with Crippen molar-refractivity contribution in [2.75, 3.05) is 26.8 Å². The van der Waals surface area contributed by atoms with E-state index >= 15 is 0 Å². The largest absolute Gasteiger partial charge is 0.497 e. The number of amides is 1. The summed E-state index contributed by atoms with van der Waals surface area (Å²) in [5.74, 6) is 1.26. The Hall–Kier alpha value is -2.61. The van der Waals surface area contributed by atoms with Gasteiger partial charge in [0.1, 0.15) is 11.5 Å². The molecule has 1 saturated heterocycles. The van der Waals surface area contributed by atoms with Gasteiger partial charge in [0.2, 0.25) is 0 Å². The maximum Gasteiger partial charge on any atom is 0.260 e. The van der Waals surface area contributed by atoms with Crippen molar-refractivity contribution in [1.29, 1.82) is 0 Å². The van der Waals surface area contributed by atoms with Crippen molar-refractivity contribution in [1.82, 2.24) is 19.9 Å². The van der Waals surface area contributed by atoms with E-state index in [1.807, 2.05) is 21.7 Å². The molecule has 0 radical (unpaired) electrons. The second kappa shape index (κ2) is 6.72. The predicted octanol–water partition coefficient (Wildman–Crippen LogP) is 1.04. The summed E-state index contributed by atoms with van der Waals surface area (Å²) >= 11 is 0. The Morgan fingerprint density at radius 2 is 2.28 bits per heavy atom. The van der Waals surface area contributed by atoms with Gasteiger partial charge < -0.3 is 19.1 Å². The summed E-state index contributed by atoms with van der Waals surface area (Å²) in [6.45, 7) is 1.74. The predicted molar refractivity (Wildman–Crippen MR) is 87.3 cm³/mol. The van der Waals surface area contributed by atoms with Crippen molar-refractivity contribution < 1.29 is 19.0 Å². The number of hydrogen-bond donors (Lipinski definition) is 0. The molecule has 1 amide bonds. The molecule has 2 aliphatic heterocycles. The summed E-state index contributed by atoms with van der Waals surface area (Å²) in [5, 5.41) is 8.10. The molecule has 1 aromatic carbocycles. The van der Waals surface area contributed by atoms with Gasteiger partial charge in [0.25, 0.3) is 5.91 Å². The normalized spacial score (nSPS) is 22.0. The summed E-state index contributed by atoms with van der Waals surface area (Å²) in [7, 11) is 1.60. The Morgan fingerprint density at radius 1 is 1.40 bits per heavy atom. The summed E-state index contributed by atoms with van der Waals surface area (Å²) in [6.07, 6.45) is 2.58. The lowest BCUT2D eigenvalue weighted by Gasteiger charge is -2.40. The van der Waals surface area contributed by atoms with E-state index in [1.54, 1.807) is 25.4 Å². The van der Waals surface area contributed by atoms with E-state index in [1.165, 1.54) is 0 Å². The van der Waals surface area contributed by atoms with Crippen LogP contribution < -0.4 is 9.47 Å². The van der Waals surface area contributed by atoms with Crippen LogP contribution in [0, 0.1) is 0 Å². The van der Waals surface area contributed by atoms with Crippen LogP contribution in [-0.2, 0) is 16.1 Å². The lowest BCUT2D eigenvalue weighted by atomic mass is 10.0. The first-order valence-corrected chi connectivity index (χ1v) is 8.30. The number of ether oxygens (including phenoxy) is 3. The van der Waals surface area contributed by atoms with Gasteiger partial charge in [0, 0.05) is 19.2 Å². The molecular formula is C17H20N4O4. The number of nitrogens with zero attached hydrogens (tertiary/aromatic N) is 4. The Bertz CT molecular complexity index is 763. The minimum atomic E-state index is -0.0477. The van der Waals surface area contributed by atoms with Crippen LogP contribution in [0.1, 0.15) is 18.2 Å². The Kier molecular flexibility index (Phi) is 4.27. The zero-order chi connectivity index (χ0) is 17.2. The van der Waals surface area contributed by atoms with E-state index in [2.05, 4.69) is 10.3 Å². The number of rotatable bonds is 4. The lowest BCUT2D eigenvalue weighted by molar-refractivity contribution is -0.140. The third-order valence-electron chi connectivity index (χ3n) is 4.68. The molecule has 1 fully saturated rings. The summed E-state index contributed by atoms with van der Waals surface area (Å²) < 4.78 is 18.5. The molecule has 2 aliphatic rings. The molecule has 0 N–H and O–H groups in total. The molecule has 1 aromatic heterocycles. The fourth-order valence-corrected chi connectivity index (χ4v) is 3.33. The lowest BCUT2D eigenvalue weighted by Crippen LogP contribution is -2.50. The van der Waals surface area contributed by atoms with Gasteiger partial charge in [-0.25, -0.2) is 4.68 Å². The number of carbonyl (C=O) groups excluding carboxylic acids is 1. The average Bonchev–Trinajstić information content (AvgIpc) is 3.15. The van der Waals surface area contributed by atoms with Gasteiger partial charge >= 0.3 is 0 Å². The molecule has 8 heteroatoms. The summed E-state index contributed by atoms with van der Waals surface area (Å²) in [6, 6.07) is 7.24. The molecule has 3 heterocycles. The van der Waals surface area contributed by atoms with Gasteiger partial charge in [0.15, 0.2) is 6.61 Å². The maximum absolute atomic E-state index is 12.5. The molecule has 0 saturated carbocycles. The van der Waals surface area contributed by atoms with Gasteiger partial charge in [-0.1, -0.05) is 11.3 Å². The second-order valence-electron chi connectivity index (χ2n) is 6.18. The Labute approximate surface area is 145 Å². The minimum Gasteiger partial charge on any atom is -0.497 e. The number of methoxy groups -OCH3 is 1. The number of piperidine rings is 1. The van der Waals surface area contributed by atoms with Crippen LogP contribution in [0.4, 0.5) is 0 Å². The molecule has 132 valence electrons. The van der Waals surface area contributed by atoms with Crippen molar-refractivity contribution in [3.8, 4) is 11.5 Å². The molecule has 8 nitrogen and oxygen atoms in total. The molecule has 0 bridgehead atoms. The van der Waals surface area contributed by atoms with E-state index < -0.39 is 0 Å². The van der Waals surface area contributed by atoms with Crippen molar-refractivity contribution in [3.63, 3.8) is 0 Å². The topological polar surface area (TPSA) is 78.7 Å². The molecule has 25 heavy (non-hydrogen) atoms. The highest BCUT2D eigenvalue weighted by molar-refractivity contribution is 5.78. The number of aromatic nitrogens is 3. The molecule has 0 spiro atoms. The van der Waals surface area contributed by atoms with E-state index in [0.717, 1.165) is 12.1 Å². The fraction of sp³-hybridized carbons (Fsp3) is 0.471. The number of likely N-dealkylation sites (tertiary alicyclic amines) is 1. The van der Waals surface area contributed by atoms with Crippen molar-refractivity contribution in [2.45, 2.75) is 25.2 Å². The van der Waals surface area contributed by atoms with Crippen molar-refractivity contribution >= 4 is 5.91 Å². The fourth-order valence-electron chi connectivity index (χ4n) is 3.33. The van der Waals surface area contributed by atoms with Gasteiger partial charge in [0.05, 0.1) is 37.8 Å². The van der Waals surface area contributed by atoms with E-state index in [-0.39, 0.29) is 24.7 Å². The third kappa shape index (κ3) is 3.17. The monoisotopic (exact) mass is 344 g/mol. The average molecular weight is 344 g/mol. The van der Waals surface area contributed by atoms with E-state index in [4.69, 9.17) is 14.2 Å². The Balaban J connectivity index is 1.38. The highest BCUT2D eigenvalue weighted by atomic mass is 16.5. The van der Waals surface area contributed by atoms with Crippen molar-refractivity contribution in [3.05, 3.63) is 36.2 Å². The molecule has 2 atom stereocenters. The first-order valence-electron chi connectivity index (χ1n) is 8.30. The first kappa shape index (κ1) is 15.9. The number of hydrogen-bond acceptors (Lipinski definition) is 6. The van der Waals surface area contributed by atoms with Crippen LogP contribution in [0.25, 0.3) is 0 Å². The zero-order valence-electron chi connectivity index (χ0n) is 14.0. The van der Waals surface area contributed by atoms with Crippen LogP contribution in [0.5, 0.6) is 11.5 Å². The van der Waals surface area contributed by atoms with Crippen molar-refractivity contribution in [2.24, 2.45) is 0 Å². The quantitative estimate of drug-likeness (QED) is 0.825. The number of fused-ring (bicyclic) bond motifs is 3. The smallest absolute Gasteiger partial charge is 0.260 e. The zero-order valence-corrected chi connectivity index (χ0v) is 14.0. The minimum absolute atomic E-state index is 0.00434. The SMILES string of the molecule is COc1cccc(OCC(=O)N2CC[C@@H]3OCc4cnnn4[C@@H]3C2)c1. The van der Waals surface area contributed by atoms with Crippen LogP contribution in [0.15, 0.2) is 30.5 Å². The highest BCUT2D eigenvalue weighted by Gasteiger charge is 2.37. The molecule has 0 aliphatic carbocycles. The maximum atomic E-state index is 12.5. The third-order valence-corrected chi connectivity index (χ3v) is 4.68. The van der Waals surface area contributed by atoms with Crippen LogP contribution in [-0.4, -0.2) is 58.7 Å². The number of carbonyl (C=O) groups is 1. The molecule has 2 aromatic rings. The van der Waals surface area contributed by atoms with Gasteiger partial charge in [-0.15, -0.1) is 5.10 Å². The number of benzene rings is 1. The first-order chi connectivity index (χ1) is 12.2. The van der Waals surface area contributed by atoms with Gasteiger partial charge in [-0.2, -0.15) is 0 Å². The van der Waals surface area contributed by atoms with Crippen LogP contribution >= 0.6 is 0 Å². The summed E-state index contributed by atoms with van der Waals surface area (Å²) in [4.78, 5) is 14.3. The van der Waals surface area contributed by atoms with Crippen LogP contribution in [0.3, 0.4) is 0 Å². The van der Waals surface area contributed by atoms with Crippen LogP contribution in [0.2, 0.25) is 0 Å². The molecular weight excluding hydrogens is 324 g/mol. The second-order valence-corrected chi connectivity index (χ2v) is 6.18. The Morgan fingerprint density at radius 3 is 3.16 bits per heavy atom. The van der Waals surface area contributed by atoms with E-state index in [0.29, 0.717) is 31.2 Å². The standard InChI is InChI=1S/C17H20N4O4/c1-23-13-3-2-4-14(7-13)24-11-17(22)20-6-5-16-15(9-20)21-12(10-25-16)8-18-19-21/h2-4,7-8,15-16H,5-6,9-11H2,1H3/t15-,16+/m1/s1. The molecule has 4 rings (SSSR count). The van der Waals surface area contributed by atoms with Gasteiger partial charge in [-0.3, -0.25) is 4.79 Å². The summed E-state index contributed by atoms with van der Waals surface area (Å²) in [5.41, 5.74) is 0.947. The highest BCUT2D eigenvalue weighted by Crippen LogP contribution is 2.30. The van der Waals surface area contributed by atoms with Gasteiger partial charge in [-0.05, 0) is 18.6 Å². The van der Waals surface area contributed by atoms with E-state index in [9.17, 15) is 4.79 Å².